The molecule has 0 aromatic heterocycles. The fourth-order valence-corrected chi connectivity index (χ4v) is 2.97. The zero-order chi connectivity index (χ0) is 16.4. The van der Waals surface area contributed by atoms with Crippen LogP contribution in [0, 0.1) is 11.3 Å². The van der Waals surface area contributed by atoms with Gasteiger partial charge < -0.3 is 4.74 Å². The standard InChI is InChI=1S/C20H17NO2/c1-13(2)20(22)23-19-17-8-4-3-7-15(17)11-16-10-14(12-21)6-5-9-18(16)19/h3-9,19H,1,10-11H2,2H3. The average Bonchev–Trinajstić information content (AvgIpc) is 2.76. The summed E-state index contributed by atoms with van der Waals surface area (Å²) in [4.78, 5) is 12.1. The van der Waals surface area contributed by atoms with Gasteiger partial charge in [-0.1, -0.05) is 48.6 Å². The fourth-order valence-electron chi connectivity index (χ4n) is 2.97. The quantitative estimate of drug-likeness (QED) is 0.610. The van der Waals surface area contributed by atoms with Crippen molar-refractivity contribution in [3.8, 4) is 6.07 Å². The van der Waals surface area contributed by atoms with E-state index >= 15 is 0 Å². The number of fused-ring (bicyclic) bond motifs is 1. The summed E-state index contributed by atoms with van der Waals surface area (Å²) in [6.45, 7) is 5.31. The van der Waals surface area contributed by atoms with Gasteiger partial charge in [0, 0.05) is 23.1 Å². The SMILES string of the molecule is C=C(C)C(=O)OC1C2=C(CC(C#N)=CC=C2)Cc2ccccc21. The van der Waals surface area contributed by atoms with E-state index in [1.54, 1.807) is 6.92 Å². The molecule has 1 atom stereocenters. The molecule has 0 bridgehead atoms. The minimum Gasteiger partial charge on any atom is -0.449 e. The summed E-state index contributed by atoms with van der Waals surface area (Å²) in [6.07, 6.45) is 6.55. The molecule has 0 aliphatic heterocycles. The van der Waals surface area contributed by atoms with Crippen molar-refractivity contribution in [2.45, 2.75) is 25.9 Å². The monoisotopic (exact) mass is 303 g/mol. The van der Waals surface area contributed by atoms with Crippen LogP contribution in [-0.4, -0.2) is 5.97 Å². The van der Waals surface area contributed by atoms with Crippen molar-refractivity contribution in [2.24, 2.45) is 0 Å². The van der Waals surface area contributed by atoms with Crippen molar-refractivity contribution < 1.29 is 9.53 Å². The Balaban J connectivity index is 2.06. The second kappa shape index (κ2) is 6.10. The fraction of sp³-hybridized carbons (Fsp3) is 0.200. The van der Waals surface area contributed by atoms with Crippen LogP contribution in [0.25, 0.3) is 0 Å². The van der Waals surface area contributed by atoms with Crippen LogP contribution in [0.15, 0.2) is 71.4 Å². The van der Waals surface area contributed by atoms with E-state index in [1.165, 1.54) is 0 Å². The Morgan fingerprint density at radius 1 is 1.35 bits per heavy atom. The summed E-state index contributed by atoms with van der Waals surface area (Å²) in [7, 11) is 0. The highest BCUT2D eigenvalue weighted by molar-refractivity contribution is 5.87. The molecule has 0 saturated heterocycles. The van der Waals surface area contributed by atoms with E-state index < -0.39 is 12.1 Å². The van der Waals surface area contributed by atoms with Gasteiger partial charge in [0.2, 0.25) is 0 Å². The predicted octanol–water partition coefficient (Wildman–Crippen LogP) is 4.11. The van der Waals surface area contributed by atoms with E-state index in [0.717, 1.165) is 34.3 Å². The molecule has 0 fully saturated rings. The second-order valence-corrected chi connectivity index (χ2v) is 5.84. The largest absolute Gasteiger partial charge is 0.449 e. The van der Waals surface area contributed by atoms with Gasteiger partial charge in [-0.25, -0.2) is 4.79 Å². The third-order valence-corrected chi connectivity index (χ3v) is 4.13. The van der Waals surface area contributed by atoms with E-state index in [4.69, 9.17) is 4.74 Å². The maximum Gasteiger partial charge on any atom is 0.334 e. The zero-order valence-corrected chi connectivity index (χ0v) is 13.0. The molecule has 3 heteroatoms. The van der Waals surface area contributed by atoms with Crippen LogP contribution < -0.4 is 0 Å². The van der Waals surface area contributed by atoms with Crippen LogP contribution in [0.3, 0.4) is 0 Å². The smallest absolute Gasteiger partial charge is 0.334 e. The molecule has 2 aliphatic rings. The van der Waals surface area contributed by atoms with Crippen LogP contribution in [0.2, 0.25) is 0 Å². The molecule has 23 heavy (non-hydrogen) atoms. The minimum absolute atomic E-state index is 0.378. The Kier molecular flexibility index (Phi) is 3.99. The number of allylic oxidation sites excluding steroid dienone is 4. The molecule has 0 spiro atoms. The van der Waals surface area contributed by atoms with Crippen molar-refractivity contribution in [3.05, 3.63) is 82.5 Å². The number of ether oxygens (including phenoxy) is 1. The first-order valence-electron chi connectivity index (χ1n) is 7.53. The summed E-state index contributed by atoms with van der Waals surface area (Å²) in [5.41, 5.74) is 5.34. The molecular weight excluding hydrogens is 286 g/mol. The highest BCUT2D eigenvalue weighted by Crippen LogP contribution is 2.40. The summed E-state index contributed by atoms with van der Waals surface area (Å²) in [6, 6.07) is 10.2. The van der Waals surface area contributed by atoms with Crippen LogP contribution in [0.4, 0.5) is 0 Å². The highest BCUT2D eigenvalue weighted by Gasteiger charge is 2.30. The Morgan fingerprint density at radius 2 is 2.13 bits per heavy atom. The van der Waals surface area contributed by atoms with Gasteiger partial charge in [-0.15, -0.1) is 0 Å². The van der Waals surface area contributed by atoms with Crippen molar-refractivity contribution in [1.29, 1.82) is 5.26 Å². The minimum atomic E-state index is -0.443. The van der Waals surface area contributed by atoms with E-state index in [2.05, 4.69) is 12.6 Å². The van der Waals surface area contributed by atoms with E-state index in [-0.39, 0.29) is 0 Å². The van der Waals surface area contributed by atoms with Crippen LogP contribution in [0.5, 0.6) is 0 Å². The molecule has 114 valence electrons. The number of esters is 1. The topological polar surface area (TPSA) is 50.1 Å². The molecule has 1 aromatic carbocycles. The van der Waals surface area contributed by atoms with Gasteiger partial charge in [-0.2, -0.15) is 5.26 Å². The number of benzene rings is 1. The summed E-state index contributed by atoms with van der Waals surface area (Å²) in [5.74, 6) is -0.398. The number of carbonyl (C=O) groups excluding carboxylic acids is 1. The van der Waals surface area contributed by atoms with Crippen LogP contribution >= 0.6 is 0 Å². The first-order chi connectivity index (χ1) is 11.1. The molecule has 1 aromatic rings. The average molecular weight is 303 g/mol. The Morgan fingerprint density at radius 3 is 2.87 bits per heavy atom. The Hall–Kier alpha value is -2.86. The van der Waals surface area contributed by atoms with Gasteiger partial charge in [0.05, 0.1) is 6.07 Å². The molecule has 3 nitrogen and oxygen atoms in total. The van der Waals surface area contributed by atoms with Gasteiger partial charge in [-0.05, 0) is 30.6 Å². The van der Waals surface area contributed by atoms with E-state index in [1.807, 2.05) is 42.5 Å². The lowest BCUT2D eigenvalue weighted by Crippen LogP contribution is -2.20. The van der Waals surface area contributed by atoms with Crippen molar-refractivity contribution >= 4 is 5.97 Å². The van der Waals surface area contributed by atoms with Crippen LogP contribution in [0.1, 0.15) is 30.6 Å². The molecule has 0 amide bonds. The van der Waals surface area contributed by atoms with Gasteiger partial charge >= 0.3 is 5.97 Å². The lowest BCUT2D eigenvalue weighted by molar-refractivity contribution is -0.142. The zero-order valence-electron chi connectivity index (χ0n) is 13.0. The highest BCUT2D eigenvalue weighted by atomic mass is 16.5. The number of hydrogen-bond donors (Lipinski definition) is 0. The van der Waals surface area contributed by atoms with Gasteiger partial charge in [0.1, 0.15) is 0 Å². The third-order valence-electron chi connectivity index (χ3n) is 4.13. The van der Waals surface area contributed by atoms with Gasteiger partial charge in [0.15, 0.2) is 6.10 Å². The number of rotatable bonds is 2. The number of hydrogen-bond acceptors (Lipinski definition) is 3. The number of carbonyl (C=O) groups is 1. The molecule has 0 heterocycles. The predicted molar refractivity (Wildman–Crippen MR) is 88.3 cm³/mol. The Bertz CT molecular complexity index is 818. The lowest BCUT2D eigenvalue weighted by Gasteiger charge is -2.29. The van der Waals surface area contributed by atoms with E-state index in [9.17, 15) is 10.1 Å². The molecule has 0 radical (unpaired) electrons. The number of nitrogens with zero attached hydrogens (tertiary/aromatic N) is 1. The summed E-state index contributed by atoms with van der Waals surface area (Å²) in [5, 5.41) is 9.21. The molecule has 2 aliphatic carbocycles. The number of nitriles is 1. The first-order valence-corrected chi connectivity index (χ1v) is 7.53. The first kappa shape index (κ1) is 15.1. The normalized spacial score (nSPS) is 19.0. The van der Waals surface area contributed by atoms with Gasteiger partial charge in [0.25, 0.3) is 0 Å². The lowest BCUT2D eigenvalue weighted by atomic mass is 9.82. The van der Waals surface area contributed by atoms with E-state index in [0.29, 0.717) is 12.0 Å². The molecular formula is C20H17NO2. The maximum atomic E-state index is 12.1. The van der Waals surface area contributed by atoms with Crippen LogP contribution in [-0.2, 0) is 16.0 Å². The molecule has 3 rings (SSSR count). The van der Waals surface area contributed by atoms with Crippen molar-refractivity contribution in [3.63, 3.8) is 0 Å². The van der Waals surface area contributed by atoms with Crippen molar-refractivity contribution in [2.75, 3.05) is 0 Å². The summed E-state index contributed by atoms with van der Waals surface area (Å²) < 4.78 is 5.72. The summed E-state index contributed by atoms with van der Waals surface area (Å²) >= 11 is 0. The molecule has 1 unspecified atom stereocenters. The molecule has 0 N–H and O–H groups in total. The third kappa shape index (κ3) is 2.89. The van der Waals surface area contributed by atoms with Gasteiger partial charge in [-0.3, -0.25) is 0 Å². The van der Waals surface area contributed by atoms with Crippen molar-refractivity contribution in [1.82, 2.24) is 0 Å². The molecule has 0 saturated carbocycles. The maximum absolute atomic E-state index is 12.1. The second-order valence-electron chi connectivity index (χ2n) is 5.84. The Labute approximate surface area is 135 Å².